The van der Waals surface area contributed by atoms with Gasteiger partial charge in [0, 0.05) is 6.04 Å². The van der Waals surface area contributed by atoms with E-state index in [0.29, 0.717) is 18.3 Å². The van der Waals surface area contributed by atoms with Crippen LogP contribution in [0.5, 0.6) is 5.75 Å². The van der Waals surface area contributed by atoms with Crippen LogP contribution in [0.3, 0.4) is 0 Å². The van der Waals surface area contributed by atoms with E-state index in [0.717, 1.165) is 30.8 Å². The molecular weight excluding hydrogens is 238 g/mol. The van der Waals surface area contributed by atoms with Gasteiger partial charge >= 0.3 is 0 Å². The molecule has 0 heterocycles. The first kappa shape index (κ1) is 15.6. The average Bonchev–Trinajstić information content (AvgIpc) is 2.37. The molecule has 0 amide bonds. The number of ether oxygens (including phenoxy) is 1. The second-order valence-corrected chi connectivity index (χ2v) is 5.20. The van der Waals surface area contributed by atoms with Gasteiger partial charge in [0.1, 0.15) is 5.75 Å². The summed E-state index contributed by atoms with van der Waals surface area (Å²) in [5.74, 6) is 0.770. The molecule has 0 aliphatic carbocycles. The molecule has 4 nitrogen and oxygen atoms in total. The third kappa shape index (κ3) is 5.39. The third-order valence-electron chi connectivity index (χ3n) is 2.94. The van der Waals surface area contributed by atoms with Gasteiger partial charge < -0.3 is 20.7 Å². The number of benzene rings is 1. The van der Waals surface area contributed by atoms with Crippen molar-refractivity contribution in [3.05, 3.63) is 18.2 Å². The maximum atomic E-state index is 6.13. The van der Waals surface area contributed by atoms with Gasteiger partial charge in [-0.05, 0) is 52.5 Å². The molecule has 0 aromatic heterocycles. The summed E-state index contributed by atoms with van der Waals surface area (Å²) < 4.78 is 5.63. The fraction of sp³-hybridized carbons (Fsp3) is 0.600. The highest BCUT2D eigenvalue weighted by atomic mass is 16.5. The van der Waals surface area contributed by atoms with E-state index in [-0.39, 0.29) is 0 Å². The summed E-state index contributed by atoms with van der Waals surface area (Å²) in [6.07, 6.45) is 2.06. The maximum Gasteiger partial charge on any atom is 0.144 e. The van der Waals surface area contributed by atoms with E-state index in [1.54, 1.807) is 0 Å². The lowest BCUT2D eigenvalue weighted by Gasteiger charge is -2.20. The van der Waals surface area contributed by atoms with Crippen molar-refractivity contribution < 1.29 is 4.74 Å². The van der Waals surface area contributed by atoms with Crippen LogP contribution in [0.15, 0.2) is 18.2 Å². The normalized spacial score (nSPS) is 12.5. The molecule has 4 heteroatoms. The molecule has 1 aromatic carbocycles. The first-order valence-electron chi connectivity index (χ1n) is 6.97. The van der Waals surface area contributed by atoms with E-state index in [9.17, 15) is 0 Å². The monoisotopic (exact) mass is 265 g/mol. The Morgan fingerprint density at radius 1 is 1.37 bits per heavy atom. The minimum Gasteiger partial charge on any atom is -0.491 e. The molecule has 1 rings (SSSR count). The van der Waals surface area contributed by atoms with Crippen LogP contribution >= 0.6 is 0 Å². The summed E-state index contributed by atoms with van der Waals surface area (Å²) in [6, 6.07) is 6.27. The van der Waals surface area contributed by atoms with Crippen molar-refractivity contribution in [3.8, 4) is 5.75 Å². The zero-order valence-corrected chi connectivity index (χ0v) is 12.6. The van der Waals surface area contributed by atoms with Crippen LogP contribution in [0.4, 0.5) is 11.4 Å². The van der Waals surface area contributed by atoms with Crippen LogP contribution in [0, 0.1) is 0 Å². The van der Waals surface area contributed by atoms with E-state index in [2.05, 4.69) is 38.2 Å². The Kier molecular flexibility index (Phi) is 6.50. The molecule has 1 aromatic rings. The fourth-order valence-corrected chi connectivity index (χ4v) is 1.80. The molecule has 0 radical (unpaired) electrons. The molecule has 1 atom stereocenters. The van der Waals surface area contributed by atoms with E-state index in [1.807, 2.05) is 18.2 Å². The van der Waals surface area contributed by atoms with Crippen LogP contribution < -0.4 is 15.8 Å². The summed E-state index contributed by atoms with van der Waals surface area (Å²) in [6.45, 7) is 6.01. The number of para-hydroxylation sites is 1. The number of rotatable bonds is 8. The molecular formula is C15H27N3O. The second-order valence-electron chi connectivity index (χ2n) is 5.20. The highest BCUT2D eigenvalue weighted by Gasteiger charge is 2.09. The molecule has 19 heavy (non-hydrogen) atoms. The van der Waals surface area contributed by atoms with Gasteiger partial charge in [-0.3, -0.25) is 0 Å². The quantitative estimate of drug-likeness (QED) is 0.710. The lowest BCUT2D eigenvalue weighted by Crippen LogP contribution is -2.23. The smallest absolute Gasteiger partial charge is 0.144 e. The molecule has 0 aliphatic rings. The molecule has 0 saturated heterocycles. The summed E-state index contributed by atoms with van der Waals surface area (Å²) in [5.41, 5.74) is 7.79. The highest BCUT2D eigenvalue weighted by molar-refractivity contribution is 5.73. The number of nitrogens with two attached hydrogens (primary N) is 1. The zero-order chi connectivity index (χ0) is 14.3. The van der Waals surface area contributed by atoms with E-state index in [1.165, 1.54) is 0 Å². The summed E-state index contributed by atoms with van der Waals surface area (Å²) >= 11 is 0. The minimum atomic E-state index is 0.381. The van der Waals surface area contributed by atoms with Crippen molar-refractivity contribution in [1.82, 2.24) is 4.90 Å². The predicted molar refractivity (Wildman–Crippen MR) is 82.9 cm³/mol. The Labute approximate surface area is 116 Å². The van der Waals surface area contributed by atoms with E-state index in [4.69, 9.17) is 10.5 Å². The number of nitrogens with one attached hydrogen (secondary N) is 1. The number of nitrogen functional groups attached to an aromatic ring is 1. The van der Waals surface area contributed by atoms with Gasteiger partial charge in [-0.1, -0.05) is 13.0 Å². The molecule has 0 aliphatic heterocycles. The Bertz CT molecular complexity index is 380. The van der Waals surface area contributed by atoms with Crippen molar-refractivity contribution in [2.24, 2.45) is 0 Å². The minimum absolute atomic E-state index is 0.381. The largest absolute Gasteiger partial charge is 0.491 e. The summed E-state index contributed by atoms with van der Waals surface area (Å²) in [4.78, 5) is 2.18. The van der Waals surface area contributed by atoms with Crippen LogP contribution in [-0.4, -0.2) is 38.2 Å². The van der Waals surface area contributed by atoms with Gasteiger partial charge in [-0.15, -0.1) is 0 Å². The molecule has 0 spiro atoms. The van der Waals surface area contributed by atoms with Gasteiger partial charge in [0.25, 0.3) is 0 Å². The third-order valence-corrected chi connectivity index (χ3v) is 2.94. The van der Waals surface area contributed by atoms with Gasteiger partial charge in [0.15, 0.2) is 0 Å². The van der Waals surface area contributed by atoms with Gasteiger partial charge in [0.05, 0.1) is 18.0 Å². The van der Waals surface area contributed by atoms with Crippen molar-refractivity contribution in [2.75, 3.05) is 38.3 Å². The number of nitrogens with zero attached hydrogens (tertiary/aromatic N) is 1. The van der Waals surface area contributed by atoms with Gasteiger partial charge in [0.2, 0.25) is 0 Å². The van der Waals surface area contributed by atoms with Crippen LogP contribution in [-0.2, 0) is 0 Å². The molecule has 0 bridgehead atoms. The fourth-order valence-electron chi connectivity index (χ4n) is 1.80. The van der Waals surface area contributed by atoms with Crippen LogP contribution in [0.2, 0.25) is 0 Å². The molecule has 0 saturated carbocycles. The lowest BCUT2D eigenvalue weighted by molar-refractivity contribution is 0.319. The van der Waals surface area contributed by atoms with Crippen molar-refractivity contribution in [2.45, 2.75) is 32.7 Å². The van der Waals surface area contributed by atoms with Crippen molar-refractivity contribution in [1.29, 1.82) is 0 Å². The number of anilines is 2. The summed E-state index contributed by atoms with van der Waals surface area (Å²) in [5, 5.41) is 3.45. The Morgan fingerprint density at radius 2 is 2.11 bits per heavy atom. The van der Waals surface area contributed by atoms with Crippen LogP contribution in [0.1, 0.15) is 26.7 Å². The average molecular weight is 265 g/mol. The van der Waals surface area contributed by atoms with Crippen LogP contribution in [0.25, 0.3) is 0 Å². The van der Waals surface area contributed by atoms with Crippen molar-refractivity contribution >= 4 is 11.4 Å². The lowest BCUT2D eigenvalue weighted by atomic mass is 10.2. The van der Waals surface area contributed by atoms with Gasteiger partial charge in [-0.2, -0.15) is 0 Å². The maximum absolute atomic E-state index is 6.13. The Balaban J connectivity index is 2.62. The second kappa shape index (κ2) is 7.89. The topological polar surface area (TPSA) is 50.5 Å². The van der Waals surface area contributed by atoms with E-state index >= 15 is 0 Å². The predicted octanol–water partition coefficient (Wildman–Crippen LogP) is 2.81. The first-order valence-corrected chi connectivity index (χ1v) is 6.97. The van der Waals surface area contributed by atoms with Crippen molar-refractivity contribution in [3.63, 3.8) is 0 Å². The molecule has 3 N–H and O–H groups in total. The highest BCUT2D eigenvalue weighted by Crippen LogP contribution is 2.30. The summed E-state index contributed by atoms with van der Waals surface area (Å²) in [7, 11) is 4.17. The van der Waals surface area contributed by atoms with E-state index < -0.39 is 0 Å². The molecule has 0 fully saturated rings. The first-order chi connectivity index (χ1) is 9.04. The SMILES string of the molecule is CCCOc1cccc(NC(C)CCN(C)C)c1N. The zero-order valence-electron chi connectivity index (χ0n) is 12.6. The number of hydrogen-bond acceptors (Lipinski definition) is 4. The van der Waals surface area contributed by atoms with Gasteiger partial charge in [-0.25, -0.2) is 0 Å². The molecule has 1 unspecified atom stereocenters. The Morgan fingerprint density at radius 3 is 2.74 bits per heavy atom. The Hall–Kier alpha value is -1.42. The standard InChI is InChI=1S/C15H27N3O/c1-5-11-19-14-8-6-7-13(15(14)16)17-12(2)9-10-18(3)4/h6-8,12,17H,5,9-11,16H2,1-4H3. The number of hydrogen-bond donors (Lipinski definition) is 2. The molecule has 108 valence electrons.